The zero-order valence-electron chi connectivity index (χ0n) is 17.9. The Hall–Kier alpha value is -2.69. The van der Waals surface area contributed by atoms with Crippen LogP contribution >= 0.6 is 23.2 Å². The monoisotopic (exact) mass is 468 g/mol. The van der Waals surface area contributed by atoms with Crippen LogP contribution < -0.4 is 15.4 Å². The SMILES string of the molecule is COc1cccc(NC(=O)NC2CCC(c3ccc(Cl)cc3)(c3ccc(Cl)cc3)CC2)c1. The average molecular weight is 469 g/mol. The fourth-order valence-corrected chi connectivity index (χ4v) is 4.84. The number of carbonyl (C=O) groups is 1. The normalized spacial score (nSPS) is 15.7. The van der Waals surface area contributed by atoms with E-state index in [0.29, 0.717) is 11.4 Å². The summed E-state index contributed by atoms with van der Waals surface area (Å²) in [5.74, 6) is 0.705. The minimum atomic E-state index is -0.200. The Labute approximate surface area is 198 Å². The lowest BCUT2D eigenvalue weighted by Gasteiger charge is -2.41. The number of methoxy groups -OCH3 is 1. The molecule has 0 atom stereocenters. The lowest BCUT2D eigenvalue weighted by Crippen LogP contribution is -2.44. The molecule has 0 aliphatic heterocycles. The van der Waals surface area contributed by atoms with Gasteiger partial charge in [-0.1, -0.05) is 53.5 Å². The van der Waals surface area contributed by atoms with E-state index < -0.39 is 0 Å². The van der Waals surface area contributed by atoms with E-state index in [1.807, 2.05) is 42.5 Å². The van der Waals surface area contributed by atoms with Gasteiger partial charge in [0.15, 0.2) is 0 Å². The molecule has 0 bridgehead atoms. The second kappa shape index (κ2) is 9.85. The predicted octanol–water partition coefficient (Wildman–Crippen LogP) is 7.05. The van der Waals surface area contributed by atoms with Crippen molar-refractivity contribution >= 4 is 34.9 Å². The summed E-state index contributed by atoms with van der Waals surface area (Å²) in [6.07, 6.45) is 3.58. The third-order valence-corrected chi connectivity index (χ3v) is 6.80. The smallest absolute Gasteiger partial charge is 0.319 e. The fourth-order valence-electron chi connectivity index (χ4n) is 4.59. The van der Waals surface area contributed by atoms with Gasteiger partial charge >= 0.3 is 6.03 Å². The quantitative estimate of drug-likeness (QED) is 0.421. The van der Waals surface area contributed by atoms with Crippen LogP contribution in [0.15, 0.2) is 72.8 Å². The van der Waals surface area contributed by atoms with Crippen LogP contribution in [0.1, 0.15) is 36.8 Å². The van der Waals surface area contributed by atoms with E-state index in [0.717, 1.165) is 35.7 Å². The Balaban J connectivity index is 1.47. The summed E-state index contributed by atoms with van der Waals surface area (Å²) in [5, 5.41) is 7.48. The molecule has 0 aromatic heterocycles. The fraction of sp³-hybridized carbons (Fsp3) is 0.269. The summed E-state index contributed by atoms with van der Waals surface area (Å²) in [4.78, 5) is 12.6. The van der Waals surface area contributed by atoms with Crippen LogP contribution in [0, 0.1) is 0 Å². The molecule has 1 aliphatic carbocycles. The molecule has 3 aromatic carbocycles. The van der Waals surface area contributed by atoms with Crippen molar-refractivity contribution in [3.8, 4) is 5.75 Å². The Morgan fingerprint density at radius 3 is 2.00 bits per heavy atom. The van der Waals surface area contributed by atoms with Gasteiger partial charge in [-0.15, -0.1) is 0 Å². The minimum Gasteiger partial charge on any atom is -0.497 e. The molecule has 2 amide bonds. The van der Waals surface area contributed by atoms with Crippen LogP contribution in [-0.2, 0) is 5.41 Å². The number of benzene rings is 3. The maximum Gasteiger partial charge on any atom is 0.319 e. The number of rotatable bonds is 5. The topological polar surface area (TPSA) is 50.4 Å². The van der Waals surface area contributed by atoms with Crippen LogP contribution in [0.5, 0.6) is 5.75 Å². The lowest BCUT2D eigenvalue weighted by molar-refractivity contribution is 0.236. The predicted molar refractivity (Wildman–Crippen MR) is 131 cm³/mol. The van der Waals surface area contributed by atoms with Crippen LogP contribution in [0.3, 0.4) is 0 Å². The van der Waals surface area contributed by atoms with E-state index in [4.69, 9.17) is 27.9 Å². The molecule has 1 fully saturated rings. The van der Waals surface area contributed by atoms with Crippen molar-refractivity contribution in [2.24, 2.45) is 0 Å². The number of hydrogen-bond donors (Lipinski definition) is 2. The molecule has 0 saturated heterocycles. The van der Waals surface area contributed by atoms with Crippen molar-refractivity contribution in [2.45, 2.75) is 37.1 Å². The number of amides is 2. The molecule has 1 aliphatic rings. The Kier molecular flexibility index (Phi) is 6.92. The second-order valence-corrected chi connectivity index (χ2v) is 9.07. The summed E-state index contributed by atoms with van der Waals surface area (Å²) in [6, 6.07) is 23.5. The van der Waals surface area contributed by atoms with Gasteiger partial charge in [0.05, 0.1) is 7.11 Å². The van der Waals surface area contributed by atoms with E-state index in [1.165, 1.54) is 11.1 Å². The standard InChI is InChI=1S/C26H26Cl2N2O2/c1-32-24-4-2-3-23(17-24)30-25(31)29-22-13-15-26(16-14-22,18-5-9-20(27)10-6-18)19-7-11-21(28)12-8-19/h2-12,17,22H,13-16H2,1H3,(H2,29,30,31). The third-order valence-electron chi connectivity index (χ3n) is 6.30. The van der Waals surface area contributed by atoms with Crippen molar-refractivity contribution in [3.05, 3.63) is 94.0 Å². The second-order valence-electron chi connectivity index (χ2n) is 8.20. The first kappa shape index (κ1) is 22.5. The first-order chi connectivity index (χ1) is 15.5. The Morgan fingerprint density at radius 2 is 1.47 bits per heavy atom. The van der Waals surface area contributed by atoms with Gasteiger partial charge in [-0.05, 0) is 73.2 Å². The minimum absolute atomic E-state index is 0.105. The summed E-state index contributed by atoms with van der Waals surface area (Å²) in [6.45, 7) is 0. The van der Waals surface area contributed by atoms with Gasteiger partial charge in [0.1, 0.15) is 5.75 Å². The lowest BCUT2D eigenvalue weighted by atomic mass is 9.64. The molecule has 32 heavy (non-hydrogen) atoms. The van der Waals surface area contributed by atoms with Crippen molar-refractivity contribution in [2.75, 3.05) is 12.4 Å². The molecule has 4 rings (SSSR count). The number of hydrogen-bond acceptors (Lipinski definition) is 2. The number of halogens is 2. The molecule has 6 heteroatoms. The number of urea groups is 1. The highest BCUT2D eigenvalue weighted by Gasteiger charge is 2.38. The van der Waals surface area contributed by atoms with E-state index in [-0.39, 0.29) is 17.5 Å². The zero-order valence-corrected chi connectivity index (χ0v) is 19.4. The molecular formula is C26H26Cl2N2O2. The first-order valence-electron chi connectivity index (χ1n) is 10.7. The Morgan fingerprint density at radius 1 is 0.906 bits per heavy atom. The molecular weight excluding hydrogens is 443 g/mol. The van der Waals surface area contributed by atoms with Crippen LogP contribution in [0.2, 0.25) is 10.0 Å². The number of carbonyl (C=O) groups excluding carboxylic acids is 1. The van der Waals surface area contributed by atoms with Gasteiger partial charge in [-0.2, -0.15) is 0 Å². The molecule has 0 heterocycles. The summed E-state index contributed by atoms with van der Waals surface area (Å²) < 4.78 is 5.22. The van der Waals surface area contributed by atoms with Gasteiger partial charge < -0.3 is 15.4 Å². The van der Waals surface area contributed by atoms with Crippen molar-refractivity contribution in [1.29, 1.82) is 0 Å². The van der Waals surface area contributed by atoms with E-state index in [1.54, 1.807) is 13.2 Å². The maximum atomic E-state index is 12.6. The molecule has 2 N–H and O–H groups in total. The van der Waals surface area contributed by atoms with E-state index in [9.17, 15) is 4.79 Å². The van der Waals surface area contributed by atoms with Gasteiger partial charge in [0.25, 0.3) is 0 Å². The van der Waals surface area contributed by atoms with Crippen LogP contribution in [-0.4, -0.2) is 19.2 Å². The number of ether oxygens (including phenoxy) is 1. The highest BCUT2D eigenvalue weighted by molar-refractivity contribution is 6.30. The van der Waals surface area contributed by atoms with E-state index in [2.05, 4.69) is 34.9 Å². The highest BCUT2D eigenvalue weighted by Crippen LogP contribution is 2.45. The van der Waals surface area contributed by atoms with E-state index >= 15 is 0 Å². The molecule has 0 unspecified atom stereocenters. The third kappa shape index (κ3) is 5.03. The van der Waals surface area contributed by atoms with Gasteiger partial charge in [-0.3, -0.25) is 0 Å². The highest BCUT2D eigenvalue weighted by atomic mass is 35.5. The van der Waals surface area contributed by atoms with Gasteiger partial charge in [0, 0.05) is 33.3 Å². The van der Waals surface area contributed by atoms with Gasteiger partial charge in [0.2, 0.25) is 0 Å². The van der Waals surface area contributed by atoms with Crippen molar-refractivity contribution < 1.29 is 9.53 Å². The largest absolute Gasteiger partial charge is 0.497 e. The molecule has 0 spiro atoms. The number of anilines is 1. The van der Waals surface area contributed by atoms with Crippen molar-refractivity contribution in [1.82, 2.24) is 5.32 Å². The zero-order chi connectivity index (χ0) is 22.6. The first-order valence-corrected chi connectivity index (χ1v) is 11.5. The number of nitrogens with one attached hydrogen (secondary N) is 2. The molecule has 0 radical (unpaired) electrons. The van der Waals surface area contributed by atoms with Crippen LogP contribution in [0.4, 0.5) is 10.5 Å². The Bertz CT molecular complexity index is 1010. The summed E-state index contributed by atoms with van der Waals surface area (Å²) in [7, 11) is 1.61. The molecule has 1 saturated carbocycles. The maximum absolute atomic E-state index is 12.6. The van der Waals surface area contributed by atoms with Gasteiger partial charge in [-0.25, -0.2) is 4.79 Å². The average Bonchev–Trinajstić information content (AvgIpc) is 2.81. The summed E-state index contributed by atoms with van der Waals surface area (Å²) in [5.41, 5.74) is 3.05. The van der Waals surface area contributed by atoms with Crippen molar-refractivity contribution in [3.63, 3.8) is 0 Å². The van der Waals surface area contributed by atoms with Crippen LogP contribution in [0.25, 0.3) is 0 Å². The molecule has 3 aromatic rings. The molecule has 4 nitrogen and oxygen atoms in total. The molecule has 166 valence electrons. The summed E-state index contributed by atoms with van der Waals surface area (Å²) >= 11 is 12.3.